The van der Waals surface area contributed by atoms with Gasteiger partial charge in [0, 0.05) is 24.3 Å². The van der Waals surface area contributed by atoms with E-state index in [4.69, 9.17) is 19.4 Å². The Hall–Kier alpha value is -2.50. The fraction of sp³-hybridized carbons (Fsp3) is 0.238. The molecule has 0 aliphatic rings. The first-order chi connectivity index (χ1) is 12.6. The molecule has 5 heteroatoms. The number of hydrogen-bond acceptors (Lipinski definition) is 5. The monoisotopic (exact) mass is 364 g/mol. The van der Waals surface area contributed by atoms with Gasteiger partial charge in [-0.2, -0.15) is 0 Å². The summed E-state index contributed by atoms with van der Waals surface area (Å²) < 4.78 is 11.8. The highest BCUT2D eigenvalue weighted by Crippen LogP contribution is 2.37. The van der Waals surface area contributed by atoms with E-state index < -0.39 is 0 Å². The molecule has 4 rings (SSSR count). The first kappa shape index (κ1) is 16.9. The molecule has 0 fully saturated rings. The van der Waals surface area contributed by atoms with Crippen LogP contribution in [0.1, 0.15) is 16.7 Å². The fourth-order valence-corrected chi connectivity index (χ4v) is 4.34. The van der Waals surface area contributed by atoms with Gasteiger partial charge in [-0.1, -0.05) is 0 Å². The smallest absolute Gasteiger partial charge is 0.126 e. The highest BCUT2D eigenvalue weighted by atomic mass is 32.1. The molecule has 4 nitrogen and oxygen atoms in total. The van der Waals surface area contributed by atoms with Crippen LogP contribution < -0.4 is 4.74 Å². The summed E-state index contributed by atoms with van der Waals surface area (Å²) in [6, 6.07) is 10.5. The van der Waals surface area contributed by atoms with E-state index in [9.17, 15) is 0 Å². The zero-order valence-electron chi connectivity index (χ0n) is 15.3. The molecule has 0 saturated carbocycles. The number of nitrogens with zero attached hydrogens (tertiary/aromatic N) is 2. The number of pyridine rings is 1. The van der Waals surface area contributed by atoms with E-state index in [2.05, 4.69) is 32.0 Å². The molecule has 0 unspecified atom stereocenters. The van der Waals surface area contributed by atoms with Crippen molar-refractivity contribution in [1.29, 1.82) is 0 Å². The lowest BCUT2D eigenvalue weighted by Crippen LogP contribution is -1.92. The summed E-state index contributed by atoms with van der Waals surface area (Å²) >= 11 is 1.68. The van der Waals surface area contributed by atoms with Gasteiger partial charge in [-0.15, -0.1) is 11.3 Å². The fourth-order valence-electron chi connectivity index (χ4n) is 3.25. The van der Waals surface area contributed by atoms with Crippen molar-refractivity contribution in [3.05, 3.63) is 53.2 Å². The summed E-state index contributed by atoms with van der Waals surface area (Å²) in [6.45, 7) is 4.73. The first-order valence-corrected chi connectivity index (χ1v) is 9.24. The van der Waals surface area contributed by atoms with Crippen molar-refractivity contribution in [3.8, 4) is 16.3 Å². The number of methoxy groups -OCH3 is 2. The van der Waals surface area contributed by atoms with E-state index in [1.165, 1.54) is 5.56 Å². The third-order valence-corrected chi connectivity index (χ3v) is 5.46. The second-order valence-electron chi connectivity index (χ2n) is 6.47. The van der Waals surface area contributed by atoms with Gasteiger partial charge in [0.05, 0.1) is 29.5 Å². The highest BCUT2D eigenvalue weighted by molar-refractivity contribution is 7.21. The summed E-state index contributed by atoms with van der Waals surface area (Å²) in [4.78, 5) is 9.61. The van der Waals surface area contributed by atoms with Crippen LogP contribution in [0.15, 0.2) is 36.5 Å². The number of aromatic nitrogens is 2. The Labute approximate surface area is 156 Å². The maximum atomic E-state index is 5.40. The predicted octanol–water partition coefficient (Wildman–Crippen LogP) is 5.28. The average Bonchev–Trinajstić information content (AvgIpc) is 3.05. The Balaban J connectivity index is 1.93. The van der Waals surface area contributed by atoms with Crippen molar-refractivity contribution >= 4 is 32.5 Å². The van der Waals surface area contributed by atoms with Crippen molar-refractivity contribution in [2.45, 2.75) is 20.5 Å². The minimum Gasteiger partial charge on any atom is -0.497 e. The molecule has 0 atom stereocenters. The molecule has 0 amide bonds. The molecule has 0 spiro atoms. The lowest BCUT2D eigenvalue weighted by molar-refractivity contribution is 0.185. The van der Waals surface area contributed by atoms with Crippen molar-refractivity contribution in [2.75, 3.05) is 14.2 Å². The maximum Gasteiger partial charge on any atom is 0.126 e. The van der Waals surface area contributed by atoms with E-state index in [0.29, 0.717) is 6.61 Å². The largest absolute Gasteiger partial charge is 0.497 e. The molecule has 0 radical (unpaired) electrons. The Bertz CT molecular complexity index is 1120. The molecule has 132 valence electrons. The molecule has 26 heavy (non-hydrogen) atoms. The van der Waals surface area contributed by atoms with E-state index in [0.717, 1.165) is 48.6 Å². The molecule has 0 bridgehead atoms. The molecule has 2 aromatic heterocycles. The number of fused-ring (bicyclic) bond motifs is 2. The van der Waals surface area contributed by atoms with E-state index in [-0.39, 0.29) is 0 Å². The highest BCUT2D eigenvalue weighted by Gasteiger charge is 2.14. The van der Waals surface area contributed by atoms with Crippen LogP contribution in [0.5, 0.6) is 5.75 Å². The van der Waals surface area contributed by atoms with Gasteiger partial charge in [0.15, 0.2) is 0 Å². The summed E-state index contributed by atoms with van der Waals surface area (Å²) in [7, 11) is 3.39. The van der Waals surface area contributed by atoms with Crippen LogP contribution in [0.2, 0.25) is 0 Å². The Morgan fingerprint density at radius 1 is 1.00 bits per heavy atom. The SMILES string of the molecule is COCc1cnc2c(-c3nc4c(C)cc(OC)cc4s3)cc(C)cc2c1. The Morgan fingerprint density at radius 2 is 1.85 bits per heavy atom. The van der Waals surface area contributed by atoms with Gasteiger partial charge in [-0.05, 0) is 60.9 Å². The van der Waals surface area contributed by atoms with Crippen LogP contribution >= 0.6 is 11.3 Å². The standard InChI is InChI=1S/C21H20N2O2S/c1-12-5-15-8-14(11-24-3)10-22-20(15)17(6-12)21-23-19-13(2)7-16(25-4)9-18(19)26-21/h5-10H,11H2,1-4H3. The molecule has 2 heterocycles. The van der Waals surface area contributed by atoms with E-state index in [1.807, 2.05) is 18.3 Å². The van der Waals surface area contributed by atoms with Gasteiger partial charge >= 0.3 is 0 Å². The van der Waals surface area contributed by atoms with Crippen LogP contribution in [0.3, 0.4) is 0 Å². The van der Waals surface area contributed by atoms with Gasteiger partial charge in [0.1, 0.15) is 10.8 Å². The van der Waals surface area contributed by atoms with Gasteiger partial charge in [-0.3, -0.25) is 4.98 Å². The Morgan fingerprint density at radius 3 is 2.62 bits per heavy atom. The topological polar surface area (TPSA) is 44.2 Å². The summed E-state index contributed by atoms with van der Waals surface area (Å²) in [5, 5.41) is 2.10. The number of benzene rings is 2. The Kier molecular flexibility index (Phi) is 4.34. The number of thiazole rings is 1. The molecular weight excluding hydrogens is 344 g/mol. The zero-order chi connectivity index (χ0) is 18.3. The summed E-state index contributed by atoms with van der Waals surface area (Å²) in [5.74, 6) is 0.863. The second kappa shape index (κ2) is 6.67. The minimum absolute atomic E-state index is 0.562. The van der Waals surface area contributed by atoms with Crippen LogP contribution in [-0.2, 0) is 11.3 Å². The quantitative estimate of drug-likeness (QED) is 0.494. The van der Waals surface area contributed by atoms with Gasteiger partial charge in [0.2, 0.25) is 0 Å². The molecule has 2 aromatic carbocycles. The number of hydrogen-bond donors (Lipinski definition) is 0. The number of aryl methyl sites for hydroxylation is 2. The lowest BCUT2D eigenvalue weighted by atomic mass is 10.0. The number of rotatable bonds is 4. The molecule has 0 aliphatic carbocycles. The third kappa shape index (κ3) is 2.93. The van der Waals surface area contributed by atoms with Crippen molar-refractivity contribution < 1.29 is 9.47 Å². The third-order valence-electron chi connectivity index (χ3n) is 4.42. The molecule has 0 N–H and O–H groups in total. The van der Waals surface area contributed by atoms with E-state index >= 15 is 0 Å². The minimum atomic E-state index is 0.562. The molecular formula is C21H20N2O2S. The normalized spacial score (nSPS) is 11.4. The summed E-state index contributed by atoms with van der Waals surface area (Å²) in [6.07, 6.45) is 1.88. The maximum absolute atomic E-state index is 5.40. The van der Waals surface area contributed by atoms with Crippen LogP contribution in [0.25, 0.3) is 31.7 Å². The van der Waals surface area contributed by atoms with Gasteiger partial charge in [-0.25, -0.2) is 4.98 Å². The predicted molar refractivity (Wildman–Crippen MR) is 107 cm³/mol. The lowest BCUT2D eigenvalue weighted by Gasteiger charge is -2.07. The average molecular weight is 364 g/mol. The molecule has 4 aromatic rings. The molecule has 0 aliphatic heterocycles. The molecule has 0 saturated heterocycles. The second-order valence-corrected chi connectivity index (χ2v) is 7.50. The number of ether oxygens (including phenoxy) is 2. The van der Waals surface area contributed by atoms with Gasteiger partial charge < -0.3 is 9.47 Å². The van der Waals surface area contributed by atoms with Crippen LogP contribution in [-0.4, -0.2) is 24.2 Å². The van der Waals surface area contributed by atoms with Gasteiger partial charge in [0.25, 0.3) is 0 Å². The van der Waals surface area contributed by atoms with Crippen LogP contribution in [0, 0.1) is 13.8 Å². The van der Waals surface area contributed by atoms with E-state index in [1.54, 1.807) is 25.6 Å². The van der Waals surface area contributed by atoms with Crippen LogP contribution in [0.4, 0.5) is 0 Å². The first-order valence-electron chi connectivity index (χ1n) is 8.43. The van der Waals surface area contributed by atoms with Crippen molar-refractivity contribution in [3.63, 3.8) is 0 Å². The van der Waals surface area contributed by atoms with Crippen molar-refractivity contribution in [1.82, 2.24) is 9.97 Å². The summed E-state index contributed by atoms with van der Waals surface area (Å²) in [5.41, 5.74) is 6.45. The zero-order valence-corrected chi connectivity index (χ0v) is 16.1. The van der Waals surface area contributed by atoms with Crippen molar-refractivity contribution in [2.24, 2.45) is 0 Å².